The van der Waals surface area contributed by atoms with Gasteiger partial charge in [0.2, 0.25) is 0 Å². The maximum atomic E-state index is 2.56. The van der Waals surface area contributed by atoms with Gasteiger partial charge < -0.3 is 19.3 Å². The van der Waals surface area contributed by atoms with Crippen molar-refractivity contribution in [3.05, 3.63) is 273 Å². The van der Waals surface area contributed by atoms with Crippen molar-refractivity contribution in [1.29, 1.82) is 0 Å². The third-order valence-corrected chi connectivity index (χ3v) is 20.5. The third-order valence-electron chi connectivity index (χ3n) is 15.6. The molecule has 3 aliphatic rings. The zero-order valence-corrected chi connectivity index (χ0v) is 40.3. The minimum absolute atomic E-state index is 0.0781. The van der Waals surface area contributed by atoms with E-state index < -0.39 is 8.07 Å². The van der Waals surface area contributed by atoms with Gasteiger partial charge >= 0.3 is 0 Å². The fourth-order valence-corrected chi connectivity index (χ4v) is 17.9. The number of benzene rings is 11. The molecule has 0 atom stereocenters. The highest BCUT2D eigenvalue weighted by Crippen LogP contribution is 2.46. The second-order valence-electron chi connectivity index (χ2n) is 19.2. The topological polar surface area (TPSA) is 14.7 Å². The van der Waals surface area contributed by atoms with E-state index in [1.165, 1.54) is 93.1 Å². The van der Waals surface area contributed by atoms with E-state index in [-0.39, 0.29) is 6.71 Å². The first-order chi connectivity index (χ1) is 35.8. The van der Waals surface area contributed by atoms with Gasteiger partial charge in [-0.3, -0.25) is 0 Å². The number of hydrogen-bond donors (Lipinski definition) is 0. The molecule has 0 saturated carbocycles. The Morgan fingerprint density at radius 3 is 1.29 bits per heavy atom. The Morgan fingerprint density at radius 2 is 0.722 bits per heavy atom. The summed E-state index contributed by atoms with van der Waals surface area (Å²) in [4.78, 5) is 7.56. The fourth-order valence-electron chi connectivity index (χ4n) is 12.8. The second kappa shape index (κ2) is 16.0. The molecule has 0 saturated heterocycles. The number of para-hydroxylation sites is 6. The van der Waals surface area contributed by atoms with Crippen molar-refractivity contribution in [2.75, 3.05) is 14.7 Å². The number of fused-ring (bicyclic) bond motifs is 9. The standard InChI is InChI=1S/C66H45BN4Si/c1-5-22-46(23-6-1)68-58-43-41-48(71-59-34-17-19-38-64(59)72(50-26-9-3-10-27-50,51-28-11-4-12-29-51)65-39-20-18-35-60(65)71)44-55(58)67-54-42-40-49(70-56-32-15-13-30-52(56)53-31-14-16-33-57(53)70)45-63(54)69(47-24-7-2-8-25-47)62-37-21-36-61(68)66(62)67/h1-45H. The van der Waals surface area contributed by atoms with Crippen LogP contribution in [0.4, 0.5) is 51.2 Å². The van der Waals surface area contributed by atoms with Gasteiger partial charge in [-0.05, 0) is 128 Å². The van der Waals surface area contributed by atoms with Crippen molar-refractivity contribution in [1.82, 2.24) is 4.57 Å². The van der Waals surface area contributed by atoms with E-state index in [0.717, 1.165) is 22.7 Å². The van der Waals surface area contributed by atoms with Crippen LogP contribution < -0.4 is 51.8 Å². The summed E-state index contributed by atoms with van der Waals surface area (Å²) in [5.41, 5.74) is 17.9. The Morgan fingerprint density at radius 1 is 0.278 bits per heavy atom. The zero-order valence-electron chi connectivity index (χ0n) is 39.3. The van der Waals surface area contributed by atoms with E-state index in [2.05, 4.69) is 292 Å². The lowest BCUT2D eigenvalue weighted by atomic mass is 9.33. The third kappa shape index (κ3) is 5.75. The van der Waals surface area contributed by atoms with Gasteiger partial charge in [0.25, 0.3) is 6.71 Å². The first kappa shape index (κ1) is 40.8. The summed E-state index contributed by atoms with van der Waals surface area (Å²) < 4.78 is 2.45. The minimum Gasteiger partial charge on any atom is -0.311 e. The maximum Gasteiger partial charge on any atom is 0.252 e. The van der Waals surface area contributed by atoms with E-state index in [1.54, 1.807) is 0 Å². The van der Waals surface area contributed by atoms with Crippen LogP contribution in [-0.4, -0.2) is 19.4 Å². The van der Waals surface area contributed by atoms with E-state index in [9.17, 15) is 0 Å². The predicted octanol–water partition coefficient (Wildman–Crippen LogP) is 12.0. The second-order valence-corrected chi connectivity index (χ2v) is 22.9. The molecule has 3 aliphatic heterocycles. The molecule has 336 valence electrons. The Kier molecular flexibility index (Phi) is 9.04. The normalized spacial score (nSPS) is 13.8. The molecule has 0 fully saturated rings. The van der Waals surface area contributed by atoms with Crippen LogP contribution in [0.25, 0.3) is 27.5 Å². The van der Waals surface area contributed by atoms with Gasteiger partial charge in [-0.25, -0.2) is 0 Å². The number of hydrogen-bond acceptors (Lipinski definition) is 3. The van der Waals surface area contributed by atoms with Crippen molar-refractivity contribution in [2.24, 2.45) is 0 Å². The Bertz CT molecular complexity index is 3940. The monoisotopic (exact) mass is 932 g/mol. The van der Waals surface area contributed by atoms with Crippen LogP contribution in [0, 0.1) is 0 Å². The molecule has 12 aromatic rings. The summed E-state index contributed by atoms with van der Waals surface area (Å²) in [6, 6.07) is 102. The van der Waals surface area contributed by atoms with Crippen molar-refractivity contribution >= 4 is 125 Å². The number of nitrogens with zero attached hydrogens (tertiary/aromatic N) is 4. The lowest BCUT2D eigenvalue weighted by molar-refractivity contribution is 1.17. The summed E-state index contributed by atoms with van der Waals surface area (Å²) in [7, 11) is -2.81. The zero-order chi connectivity index (χ0) is 47.3. The molecule has 0 bridgehead atoms. The van der Waals surface area contributed by atoms with Crippen LogP contribution >= 0.6 is 0 Å². The molecule has 0 radical (unpaired) electrons. The van der Waals surface area contributed by atoms with Crippen molar-refractivity contribution in [2.45, 2.75) is 0 Å². The van der Waals surface area contributed by atoms with Gasteiger partial charge in [0.15, 0.2) is 8.07 Å². The lowest BCUT2D eigenvalue weighted by Crippen LogP contribution is -2.77. The Hall–Kier alpha value is -9.10. The minimum atomic E-state index is -2.81. The first-order valence-corrected chi connectivity index (χ1v) is 27.0. The van der Waals surface area contributed by atoms with Crippen LogP contribution in [0.5, 0.6) is 0 Å². The summed E-state index contributed by atoms with van der Waals surface area (Å²) in [6.07, 6.45) is 0. The highest BCUT2D eigenvalue weighted by atomic mass is 28.3. The average Bonchev–Trinajstić information content (AvgIpc) is 3.79. The summed E-state index contributed by atoms with van der Waals surface area (Å²) in [5.74, 6) is 0. The molecule has 1 aromatic heterocycles. The van der Waals surface area contributed by atoms with Gasteiger partial charge in [0.1, 0.15) is 0 Å². The number of anilines is 9. The predicted molar refractivity (Wildman–Crippen MR) is 307 cm³/mol. The van der Waals surface area contributed by atoms with E-state index >= 15 is 0 Å². The summed E-state index contributed by atoms with van der Waals surface area (Å²) >= 11 is 0. The van der Waals surface area contributed by atoms with Crippen LogP contribution in [0.15, 0.2) is 273 Å². The molecule has 11 aromatic carbocycles. The molecule has 0 unspecified atom stereocenters. The Balaban J connectivity index is 0.998. The molecule has 4 nitrogen and oxygen atoms in total. The molecular weight excluding hydrogens is 888 g/mol. The first-order valence-electron chi connectivity index (χ1n) is 25.0. The molecule has 0 aliphatic carbocycles. The van der Waals surface area contributed by atoms with Crippen LogP contribution in [0.2, 0.25) is 0 Å². The molecule has 72 heavy (non-hydrogen) atoms. The molecule has 4 heterocycles. The fraction of sp³-hybridized carbons (Fsp3) is 0. The van der Waals surface area contributed by atoms with Gasteiger partial charge in [0.05, 0.1) is 11.0 Å². The van der Waals surface area contributed by atoms with Crippen LogP contribution in [0.1, 0.15) is 0 Å². The SMILES string of the molecule is c1ccc(N2c3ccc(N4c5ccccc5[Si](c5ccccc5)(c5ccccc5)c5ccccc54)cc3B3c4ccc(-n5c6ccccc6c6ccccc65)cc4N(c4ccccc4)c4cccc2c43)cc1. The molecule has 0 spiro atoms. The van der Waals surface area contributed by atoms with Gasteiger partial charge in [-0.1, -0.05) is 182 Å². The smallest absolute Gasteiger partial charge is 0.252 e. The number of aromatic nitrogens is 1. The van der Waals surface area contributed by atoms with Crippen molar-refractivity contribution in [3.8, 4) is 5.69 Å². The summed E-state index contributed by atoms with van der Waals surface area (Å²) in [6.45, 7) is -0.0781. The molecule has 15 rings (SSSR count). The largest absolute Gasteiger partial charge is 0.311 e. The highest BCUT2D eigenvalue weighted by Gasteiger charge is 2.49. The summed E-state index contributed by atoms with van der Waals surface area (Å²) in [5, 5.41) is 8.04. The molecule has 0 amide bonds. The molecular formula is C66H45BN4Si. The van der Waals surface area contributed by atoms with Crippen LogP contribution in [0.3, 0.4) is 0 Å². The maximum absolute atomic E-state index is 2.81. The number of rotatable bonds is 6. The van der Waals surface area contributed by atoms with Crippen LogP contribution in [-0.2, 0) is 0 Å². The molecule has 6 heteroatoms. The van der Waals surface area contributed by atoms with Gasteiger partial charge in [-0.15, -0.1) is 0 Å². The average molecular weight is 933 g/mol. The van der Waals surface area contributed by atoms with E-state index in [1.807, 2.05) is 0 Å². The van der Waals surface area contributed by atoms with Gasteiger partial charge in [0, 0.05) is 67.6 Å². The lowest BCUT2D eigenvalue weighted by Gasteiger charge is -2.46. The highest BCUT2D eigenvalue weighted by molar-refractivity contribution is 7.21. The van der Waals surface area contributed by atoms with Gasteiger partial charge in [-0.2, -0.15) is 0 Å². The van der Waals surface area contributed by atoms with Crippen molar-refractivity contribution < 1.29 is 0 Å². The Labute approximate surface area is 420 Å². The van der Waals surface area contributed by atoms with E-state index in [4.69, 9.17) is 0 Å². The van der Waals surface area contributed by atoms with E-state index in [0.29, 0.717) is 0 Å². The molecule has 0 N–H and O–H groups in total. The quantitative estimate of drug-likeness (QED) is 0.154. The van der Waals surface area contributed by atoms with Crippen molar-refractivity contribution in [3.63, 3.8) is 0 Å².